The molecular weight excluding hydrogens is 280 g/mol. The van der Waals surface area contributed by atoms with Crippen LogP contribution in [-0.4, -0.2) is 24.3 Å². The Morgan fingerprint density at radius 2 is 1.64 bits per heavy atom. The van der Waals surface area contributed by atoms with Crippen LogP contribution in [0.5, 0.6) is 0 Å². The van der Waals surface area contributed by atoms with Gasteiger partial charge in [0.05, 0.1) is 18.8 Å². The van der Waals surface area contributed by atoms with Crippen molar-refractivity contribution in [1.29, 1.82) is 0 Å². The van der Waals surface area contributed by atoms with E-state index in [0.29, 0.717) is 19.1 Å². The van der Waals surface area contributed by atoms with Crippen molar-refractivity contribution < 1.29 is 19.4 Å². The highest BCUT2D eigenvalue weighted by atomic mass is 16.7. The van der Waals surface area contributed by atoms with E-state index < -0.39 is 12.3 Å². The lowest BCUT2D eigenvalue weighted by Gasteiger charge is -2.29. The molecule has 2 aromatic rings. The van der Waals surface area contributed by atoms with Gasteiger partial charge in [0.2, 0.25) is 0 Å². The SMILES string of the molecule is O=C(O)c1ccc(C2OCC(Cc3ccccc3)CO2)cc1. The van der Waals surface area contributed by atoms with Crippen LogP contribution in [0.15, 0.2) is 54.6 Å². The molecule has 0 unspecified atom stereocenters. The summed E-state index contributed by atoms with van der Waals surface area (Å²) < 4.78 is 11.6. The molecule has 1 aliphatic heterocycles. The first kappa shape index (κ1) is 14.8. The first-order chi connectivity index (χ1) is 10.7. The molecule has 114 valence electrons. The minimum Gasteiger partial charge on any atom is -0.478 e. The zero-order valence-electron chi connectivity index (χ0n) is 12.1. The summed E-state index contributed by atoms with van der Waals surface area (Å²) in [6.07, 6.45) is 0.528. The predicted octanol–water partition coefficient (Wildman–Crippen LogP) is 3.29. The van der Waals surface area contributed by atoms with Gasteiger partial charge in [0.15, 0.2) is 6.29 Å². The maximum atomic E-state index is 10.8. The molecular formula is C18H18O4. The van der Waals surface area contributed by atoms with Crippen molar-refractivity contribution in [2.24, 2.45) is 5.92 Å². The minimum absolute atomic E-state index is 0.265. The van der Waals surface area contributed by atoms with Crippen molar-refractivity contribution in [3.63, 3.8) is 0 Å². The quantitative estimate of drug-likeness (QED) is 0.941. The Kier molecular flexibility index (Phi) is 4.51. The van der Waals surface area contributed by atoms with Gasteiger partial charge in [-0.1, -0.05) is 42.5 Å². The van der Waals surface area contributed by atoms with Crippen LogP contribution >= 0.6 is 0 Å². The number of aromatic carboxylic acids is 1. The van der Waals surface area contributed by atoms with Gasteiger partial charge in [-0.3, -0.25) is 0 Å². The Bertz CT molecular complexity index is 613. The molecule has 22 heavy (non-hydrogen) atoms. The van der Waals surface area contributed by atoms with E-state index in [9.17, 15) is 4.79 Å². The predicted molar refractivity (Wildman–Crippen MR) is 81.7 cm³/mol. The van der Waals surface area contributed by atoms with Gasteiger partial charge in [0.1, 0.15) is 0 Å². The molecule has 4 nitrogen and oxygen atoms in total. The molecule has 0 saturated carbocycles. The van der Waals surface area contributed by atoms with Crippen molar-refractivity contribution in [3.05, 3.63) is 71.3 Å². The van der Waals surface area contributed by atoms with Crippen LogP contribution in [0.1, 0.15) is 27.8 Å². The molecule has 1 fully saturated rings. The van der Waals surface area contributed by atoms with Crippen molar-refractivity contribution in [1.82, 2.24) is 0 Å². The molecule has 0 aromatic heterocycles. The molecule has 0 radical (unpaired) electrons. The number of carboxylic acids is 1. The summed E-state index contributed by atoms with van der Waals surface area (Å²) in [4.78, 5) is 10.8. The van der Waals surface area contributed by atoms with Gasteiger partial charge in [0, 0.05) is 11.5 Å². The maximum Gasteiger partial charge on any atom is 0.335 e. The third-order valence-electron chi connectivity index (χ3n) is 3.76. The summed E-state index contributed by atoms with van der Waals surface area (Å²) in [5, 5.41) is 8.90. The van der Waals surface area contributed by atoms with Gasteiger partial charge in [-0.2, -0.15) is 0 Å². The summed E-state index contributed by atoms with van der Waals surface area (Å²) >= 11 is 0. The number of hydrogen-bond acceptors (Lipinski definition) is 3. The Hall–Kier alpha value is -2.17. The molecule has 1 heterocycles. The van der Waals surface area contributed by atoms with E-state index in [4.69, 9.17) is 14.6 Å². The average Bonchev–Trinajstić information content (AvgIpc) is 2.57. The highest BCUT2D eigenvalue weighted by molar-refractivity contribution is 5.87. The Morgan fingerprint density at radius 3 is 2.23 bits per heavy atom. The van der Waals surface area contributed by atoms with E-state index in [1.807, 2.05) is 18.2 Å². The van der Waals surface area contributed by atoms with Gasteiger partial charge in [-0.15, -0.1) is 0 Å². The van der Waals surface area contributed by atoms with Crippen molar-refractivity contribution in [3.8, 4) is 0 Å². The monoisotopic (exact) mass is 298 g/mol. The summed E-state index contributed by atoms with van der Waals surface area (Å²) in [5.41, 5.74) is 2.40. The molecule has 1 aliphatic rings. The fraction of sp³-hybridized carbons (Fsp3) is 0.278. The standard InChI is InChI=1S/C18H18O4/c19-17(20)15-6-8-16(9-7-15)18-21-11-14(12-22-18)10-13-4-2-1-3-5-13/h1-9,14,18H,10-12H2,(H,19,20). The second-order valence-corrected chi connectivity index (χ2v) is 5.48. The summed E-state index contributed by atoms with van der Waals surface area (Å²) in [7, 11) is 0. The number of hydrogen-bond donors (Lipinski definition) is 1. The van der Waals surface area contributed by atoms with Gasteiger partial charge in [0.25, 0.3) is 0 Å². The van der Waals surface area contributed by atoms with Crippen LogP contribution in [0, 0.1) is 5.92 Å². The first-order valence-electron chi connectivity index (χ1n) is 7.33. The molecule has 0 atom stereocenters. The van der Waals surface area contributed by atoms with Crippen molar-refractivity contribution in [2.45, 2.75) is 12.7 Å². The lowest BCUT2D eigenvalue weighted by atomic mass is 10.00. The topological polar surface area (TPSA) is 55.8 Å². The fourth-order valence-electron chi connectivity index (χ4n) is 2.58. The smallest absolute Gasteiger partial charge is 0.335 e. The normalized spacial score (nSPS) is 21.5. The molecule has 1 saturated heterocycles. The van der Waals surface area contributed by atoms with Gasteiger partial charge in [-0.25, -0.2) is 4.79 Å². The number of carboxylic acid groups (broad SMARTS) is 1. The van der Waals surface area contributed by atoms with Crippen molar-refractivity contribution >= 4 is 5.97 Å². The van der Waals surface area contributed by atoms with E-state index in [1.54, 1.807) is 24.3 Å². The Labute approximate surface area is 129 Å². The lowest BCUT2D eigenvalue weighted by Crippen LogP contribution is -2.28. The highest BCUT2D eigenvalue weighted by Gasteiger charge is 2.23. The first-order valence-corrected chi connectivity index (χ1v) is 7.33. The third-order valence-corrected chi connectivity index (χ3v) is 3.76. The zero-order chi connectivity index (χ0) is 15.4. The molecule has 0 spiro atoms. The molecule has 2 aromatic carbocycles. The van der Waals surface area contributed by atoms with Gasteiger partial charge in [-0.05, 0) is 24.1 Å². The molecule has 0 bridgehead atoms. The van der Waals surface area contributed by atoms with Crippen LogP contribution in [0.3, 0.4) is 0 Å². The molecule has 1 N–H and O–H groups in total. The second kappa shape index (κ2) is 6.73. The average molecular weight is 298 g/mol. The van der Waals surface area contributed by atoms with E-state index in [1.165, 1.54) is 5.56 Å². The molecule has 4 heteroatoms. The largest absolute Gasteiger partial charge is 0.478 e. The van der Waals surface area contributed by atoms with Crippen LogP contribution in [0.4, 0.5) is 0 Å². The van der Waals surface area contributed by atoms with E-state index in [0.717, 1.165) is 12.0 Å². The van der Waals surface area contributed by atoms with E-state index in [2.05, 4.69) is 12.1 Å². The molecule has 3 rings (SSSR count). The second-order valence-electron chi connectivity index (χ2n) is 5.48. The third kappa shape index (κ3) is 3.53. The highest BCUT2D eigenvalue weighted by Crippen LogP contribution is 2.26. The summed E-state index contributed by atoms with van der Waals surface area (Å²) in [6, 6.07) is 16.9. The summed E-state index contributed by atoms with van der Waals surface area (Å²) in [5.74, 6) is -0.586. The lowest BCUT2D eigenvalue weighted by molar-refractivity contribution is -0.204. The zero-order valence-corrected chi connectivity index (χ0v) is 12.1. The van der Waals surface area contributed by atoms with Crippen LogP contribution in [0.2, 0.25) is 0 Å². The van der Waals surface area contributed by atoms with Crippen LogP contribution < -0.4 is 0 Å². The fourth-order valence-corrected chi connectivity index (χ4v) is 2.58. The molecule has 0 amide bonds. The van der Waals surface area contributed by atoms with Gasteiger partial charge < -0.3 is 14.6 Å². The maximum absolute atomic E-state index is 10.8. The number of ether oxygens (including phenoxy) is 2. The van der Waals surface area contributed by atoms with Crippen LogP contribution in [0.25, 0.3) is 0 Å². The number of carbonyl (C=O) groups is 1. The number of benzene rings is 2. The number of rotatable bonds is 4. The van der Waals surface area contributed by atoms with E-state index in [-0.39, 0.29) is 5.56 Å². The van der Waals surface area contributed by atoms with Gasteiger partial charge >= 0.3 is 5.97 Å². The van der Waals surface area contributed by atoms with E-state index >= 15 is 0 Å². The molecule has 0 aliphatic carbocycles. The minimum atomic E-state index is -0.931. The Morgan fingerprint density at radius 1 is 1.00 bits per heavy atom. The van der Waals surface area contributed by atoms with Crippen molar-refractivity contribution in [2.75, 3.05) is 13.2 Å². The van der Waals surface area contributed by atoms with Crippen LogP contribution in [-0.2, 0) is 15.9 Å². The Balaban J connectivity index is 1.56. The summed E-state index contributed by atoms with van der Waals surface area (Å²) in [6.45, 7) is 1.28.